The molecule has 0 aromatic carbocycles. The topological polar surface area (TPSA) is 24.1 Å². The number of rotatable bonds is 5. The first kappa shape index (κ1) is 13.4. The molecule has 2 N–H and O–H groups in total. The van der Waals surface area contributed by atoms with Gasteiger partial charge < -0.3 is 10.6 Å². The average molecular weight is 238 g/mol. The maximum Gasteiger partial charge on any atom is 0.00822 e. The van der Waals surface area contributed by atoms with Crippen molar-refractivity contribution in [1.82, 2.24) is 10.6 Å². The van der Waals surface area contributed by atoms with E-state index in [-0.39, 0.29) is 0 Å². The summed E-state index contributed by atoms with van der Waals surface area (Å²) in [7, 11) is 0. The van der Waals surface area contributed by atoms with Crippen LogP contribution in [-0.2, 0) is 0 Å². The zero-order valence-corrected chi connectivity index (χ0v) is 11.7. The summed E-state index contributed by atoms with van der Waals surface area (Å²) in [4.78, 5) is 0. The van der Waals surface area contributed by atoms with Gasteiger partial charge in [0.15, 0.2) is 0 Å². The number of nitrogens with one attached hydrogen (secondary N) is 2. The Kier molecular flexibility index (Phi) is 5.30. The molecule has 2 aliphatic rings. The van der Waals surface area contributed by atoms with Crippen molar-refractivity contribution < 1.29 is 0 Å². The van der Waals surface area contributed by atoms with Gasteiger partial charge in [0.2, 0.25) is 0 Å². The predicted molar refractivity (Wildman–Crippen MR) is 74.2 cm³/mol. The van der Waals surface area contributed by atoms with Crippen LogP contribution in [0.5, 0.6) is 0 Å². The van der Waals surface area contributed by atoms with E-state index in [1.807, 2.05) is 0 Å². The van der Waals surface area contributed by atoms with Crippen LogP contribution in [0.3, 0.4) is 0 Å². The van der Waals surface area contributed by atoms with E-state index >= 15 is 0 Å². The Bertz CT molecular complexity index is 211. The molecule has 0 amide bonds. The normalized spacial score (nSPS) is 36.0. The van der Waals surface area contributed by atoms with E-state index in [1.165, 1.54) is 58.0 Å². The molecular formula is C15H30N2. The molecule has 0 aromatic rings. The minimum absolute atomic E-state index is 0.683. The van der Waals surface area contributed by atoms with Crippen LogP contribution >= 0.6 is 0 Å². The number of hydrogen-bond donors (Lipinski definition) is 2. The zero-order valence-electron chi connectivity index (χ0n) is 11.7. The van der Waals surface area contributed by atoms with Crippen molar-refractivity contribution in [2.75, 3.05) is 13.1 Å². The molecule has 1 heterocycles. The highest BCUT2D eigenvalue weighted by atomic mass is 15.0. The summed E-state index contributed by atoms with van der Waals surface area (Å²) in [5, 5.41) is 7.35. The van der Waals surface area contributed by atoms with Gasteiger partial charge >= 0.3 is 0 Å². The quantitative estimate of drug-likeness (QED) is 0.769. The van der Waals surface area contributed by atoms with Crippen LogP contribution < -0.4 is 10.6 Å². The van der Waals surface area contributed by atoms with E-state index in [9.17, 15) is 0 Å². The molecular weight excluding hydrogens is 208 g/mol. The Labute approximate surface area is 107 Å². The Balaban J connectivity index is 1.59. The Morgan fingerprint density at radius 1 is 1.24 bits per heavy atom. The maximum atomic E-state index is 3.76. The summed E-state index contributed by atoms with van der Waals surface area (Å²) < 4.78 is 0. The molecule has 1 saturated heterocycles. The lowest BCUT2D eigenvalue weighted by Crippen LogP contribution is -2.37. The third-order valence-corrected chi connectivity index (χ3v) is 4.60. The van der Waals surface area contributed by atoms with Crippen LogP contribution in [0, 0.1) is 11.8 Å². The monoisotopic (exact) mass is 238 g/mol. The highest BCUT2D eigenvalue weighted by Gasteiger charge is 2.20. The van der Waals surface area contributed by atoms with Gasteiger partial charge in [-0.1, -0.05) is 19.8 Å². The second-order valence-electron chi connectivity index (χ2n) is 6.48. The zero-order chi connectivity index (χ0) is 12.1. The maximum absolute atomic E-state index is 3.76. The molecule has 4 atom stereocenters. The van der Waals surface area contributed by atoms with Gasteiger partial charge in [0.05, 0.1) is 0 Å². The van der Waals surface area contributed by atoms with Gasteiger partial charge in [-0.25, -0.2) is 0 Å². The van der Waals surface area contributed by atoms with E-state index in [0.29, 0.717) is 6.04 Å². The van der Waals surface area contributed by atoms with Crippen molar-refractivity contribution >= 4 is 0 Å². The summed E-state index contributed by atoms with van der Waals surface area (Å²) in [6.45, 7) is 7.25. The van der Waals surface area contributed by atoms with Crippen molar-refractivity contribution in [2.24, 2.45) is 11.8 Å². The molecule has 2 fully saturated rings. The highest BCUT2D eigenvalue weighted by Crippen LogP contribution is 2.28. The summed E-state index contributed by atoms with van der Waals surface area (Å²) in [5.41, 5.74) is 0. The van der Waals surface area contributed by atoms with Gasteiger partial charge in [0.25, 0.3) is 0 Å². The molecule has 2 rings (SSSR count). The van der Waals surface area contributed by atoms with E-state index in [4.69, 9.17) is 0 Å². The third-order valence-electron chi connectivity index (χ3n) is 4.60. The molecule has 0 bridgehead atoms. The molecule has 2 nitrogen and oxygen atoms in total. The summed E-state index contributed by atoms with van der Waals surface area (Å²) >= 11 is 0. The standard InChI is InChI=1S/C15H30N2/c1-12-5-3-6-14(9-12)11-17-13(2)10-15-7-4-8-16-15/h12-17H,3-11H2,1-2H3. The Morgan fingerprint density at radius 2 is 2.12 bits per heavy atom. The van der Waals surface area contributed by atoms with Gasteiger partial charge in [-0.15, -0.1) is 0 Å². The molecule has 2 heteroatoms. The average Bonchev–Trinajstić information content (AvgIpc) is 2.79. The van der Waals surface area contributed by atoms with Crippen molar-refractivity contribution in [3.63, 3.8) is 0 Å². The van der Waals surface area contributed by atoms with Gasteiger partial charge in [-0.3, -0.25) is 0 Å². The Hall–Kier alpha value is -0.0800. The van der Waals surface area contributed by atoms with Gasteiger partial charge in [-0.05, 0) is 64.0 Å². The molecule has 1 saturated carbocycles. The van der Waals surface area contributed by atoms with E-state index in [0.717, 1.165) is 17.9 Å². The van der Waals surface area contributed by atoms with Crippen LogP contribution in [0.1, 0.15) is 58.8 Å². The summed E-state index contributed by atoms with van der Waals surface area (Å²) in [6, 6.07) is 1.46. The first-order chi connectivity index (χ1) is 8.24. The van der Waals surface area contributed by atoms with E-state index in [2.05, 4.69) is 24.5 Å². The summed E-state index contributed by atoms with van der Waals surface area (Å²) in [6.07, 6.45) is 9.86. The molecule has 0 radical (unpaired) electrons. The Morgan fingerprint density at radius 3 is 2.82 bits per heavy atom. The molecule has 17 heavy (non-hydrogen) atoms. The van der Waals surface area contributed by atoms with Crippen LogP contribution in [0.2, 0.25) is 0 Å². The van der Waals surface area contributed by atoms with Gasteiger partial charge in [0.1, 0.15) is 0 Å². The van der Waals surface area contributed by atoms with Crippen molar-refractivity contribution in [3.8, 4) is 0 Å². The van der Waals surface area contributed by atoms with Crippen LogP contribution in [0.15, 0.2) is 0 Å². The summed E-state index contributed by atoms with van der Waals surface area (Å²) in [5.74, 6) is 1.90. The minimum atomic E-state index is 0.683. The SMILES string of the molecule is CC1CCCC(CNC(C)CC2CCCN2)C1. The second kappa shape index (κ2) is 6.75. The van der Waals surface area contributed by atoms with Crippen molar-refractivity contribution in [3.05, 3.63) is 0 Å². The second-order valence-corrected chi connectivity index (χ2v) is 6.48. The largest absolute Gasteiger partial charge is 0.314 e. The molecule has 0 spiro atoms. The third kappa shape index (κ3) is 4.59. The highest BCUT2D eigenvalue weighted by molar-refractivity contribution is 4.80. The number of hydrogen-bond acceptors (Lipinski definition) is 2. The lowest BCUT2D eigenvalue weighted by atomic mass is 9.82. The minimum Gasteiger partial charge on any atom is -0.314 e. The lowest BCUT2D eigenvalue weighted by Gasteiger charge is -2.28. The van der Waals surface area contributed by atoms with Gasteiger partial charge in [-0.2, -0.15) is 0 Å². The molecule has 4 unspecified atom stereocenters. The van der Waals surface area contributed by atoms with E-state index < -0.39 is 0 Å². The molecule has 100 valence electrons. The molecule has 0 aromatic heterocycles. The predicted octanol–water partition coefficient (Wildman–Crippen LogP) is 2.93. The molecule has 1 aliphatic carbocycles. The molecule has 1 aliphatic heterocycles. The van der Waals surface area contributed by atoms with Crippen LogP contribution in [0.25, 0.3) is 0 Å². The van der Waals surface area contributed by atoms with Gasteiger partial charge in [0, 0.05) is 12.1 Å². The van der Waals surface area contributed by atoms with Crippen LogP contribution in [-0.4, -0.2) is 25.2 Å². The van der Waals surface area contributed by atoms with Crippen molar-refractivity contribution in [2.45, 2.75) is 70.9 Å². The fourth-order valence-corrected chi connectivity index (χ4v) is 3.58. The smallest absolute Gasteiger partial charge is 0.00822 e. The first-order valence-corrected chi connectivity index (χ1v) is 7.71. The first-order valence-electron chi connectivity index (χ1n) is 7.71. The van der Waals surface area contributed by atoms with E-state index in [1.54, 1.807) is 0 Å². The fourth-order valence-electron chi connectivity index (χ4n) is 3.58. The fraction of sp³-hybridized carbons (Fsp3) is 1.00. The van der Waals surface area contributed by atoms with Crippen molar-refractivity contribution in [1.29, 1.82) is 0 Å². The van der Waals surface area contributed by atoms with Crippen LogP contribution in [0.4, 0.5) is 0 Å². The lowest BCUT2D eigenvalue weighted by molar-refractivity contribution is 0.264.